The molecule has 0 rings (SSSR count). The second-order valence-corrected chi connectivity index (χ2v) is 7.27. The number of rotatable bonds is 8. The Kier molecular flexibility index (Phi) is 8.05. The van der Waals surface area contributed by atoms with E-state index in [1.54, 1.807) is 0 Å². The molecular formula is C9H21ClO2Si. The van der Waals surface area contributed by atoms with Crippen LogP contribution >= 0.6 is 11.6 Å². The predicted molar refractivity (Wildman–Crippen MR) is 59.4 cm³/mol. The third-order valence-electron chi connectivity index (χ3n) is 1.88. The SMILES string of the molecule is CCCO[Si](CC)(CCl)OCCC. The second-order valence-electron chi connectivity index (χ2n) is 3.09. The van der Waals surface area contributed by atoms with Crippen LogP contribution in [-0.2, 0) is 8.85 Å². The molecule has 0 N–H and O–H groups in total. The van der Waals surface area contributed by atoms with Gasteiger partial charge in [-0.25, -0.2) is 0 Å². The standard InChI is InChI=1S/C9H21ClO2Si/c1-4-7-11-13(6-3,9-10)12-8-5-2/h4-9H2,1-3H3. The Balaban J connectivity index is 3.97. The lowest BCUT2D eigenvalue weighted by atomic mass is 10.5. The first-order valence-electron chi connectivity index (χ1n) is 5.08. The molecule has 0 atom stereocenters. The Morgan fingerprint density at radius 1 is 1.00 bits per heavy atom. The summed E-state index contributed by atoms with van der Waals surface area (Å²) < 4.78 is 11.5. The van der Waals surface area contributed by atoms with Crippen LogP contribution in [-0.4, -0.2) is 27.3 Å². The Labute approximate surface area is 87.8 Å². The number of halogens is 1. The van der Waals surface area contributed by atoms with E-state index in [-0.39, 0.29) is 0 Å². The molecule has 0 aromatic heterocycles. The minimum Gasteiger partial charge on any atom is -0.394 e. The molecular weight excluding hydrogens is 204 g/mol. The minimum atomic E-state index is -2.02. The number of hydrogen-bond donors (Lipinski definition) is 0. The lowest BCUT2D eigenvalue weighted by molar-refractivity contribution is 0.173. The van der Waals surface area contributed by atoms with Crippen molar-refractivity contribution in [3.05, 3.63) is 0 Å². The molecule has 0 aliphatic rings. The lowest BCUT2D eigenvalue weighted by Crippen LogP contribution is -2.44. The molecule has 0 heterocycles. The van der Waals surface area contributed by atoms with Crippen LogP contribution in [0.2, 0.25) is 6.04 Å². The molecule has 0 aliphatic carbocycles. The molecule has 80 valence electrons. The molecule has 13 heavy (non-hydrogen) atoms. The molecule has 0 aromatic rings. The maximum Gasteiger partial charge on any atom is 0.353 e. The summed E-state index contributed by atoms with van der Waals surface area (Å²) in [6, 6.07) is 0.941. The minimum absolute atomic E-state index is 0.545. The zero-order valence-electron chi connectivity index (χ0n) is 8.94. The van der Waals surface area contributed by atoms with Gasteiger partial charge in [0.05, 0.1) is 5.50 Å². The monoisotopic (exact) mass is 224 g/mol. The smallest absolute Gasteiger partial charge is 0.353 e. The summed E-state index contributed by atoms with van der Waals surface area (Å²) in [7, 11) is -2.02. The first-order chi connectivity index (χ1) is 6.24. The van der Waals surface area contributed by atoms with Gasteiger partial charge in [-0.3, -0.25) is 0 Å². The van der Waals surface area contributed by atoms with E-state index in [1.165, 1.54) is 0 Å². The third-order valence-corrected chi connectivity index (χ3v) is 6.05. The first kappa shape index (κ1) is 13.4. The Morgan fingerprint density at radius 2 is 1.46 bits per heavy atom. The molecule has 0 bridgehead atoms. The van der Waals surface area contributed by atoms with Crippen LogP contribution in [0.25, 0.3) is 0 Å². The number of alkyl halides is 1. The van der Waals surface area contributed by atoms with Gasteiger partial charge < -0.3 is 8.85 Å². The van der Waals surface area contributed by atoms with E-state index in [0.717, 1.165) is 32.1 Å². The van der Waals surface area contributed by atoms with Crippen LogP contribution in [0, 0.1) is 0 Å². The average molecular weight is 225 g/mol. The van der Waals surface area contributed by atoms with Gasteiger partial charge in [0.25, 0.3) is 0 Å². The van der Waals surface area contributed by atoms with E-state index in [4.69, 9.17) is 20.5 Å². The molecule has 0 amide bonds. The van der Waals surface area contributed by atoms with Gasteiger partial charge in [0.1, 0.15) is 0 Å². The lowest BCUT2D eigenvalue weighted by Gasteiger charge is -2.27. The first-order valence-corrected chi connectivity index (χ1v) is 7.85. The zero-order chi connectivity index (χ0) is 10.2. The maximum absolute atomic E-state index is 5.91. The van der Waals surface area contributed by atoms with Crippen molar-refractivity contribution in [3.8, 4) is 0 Å². The van der Waals surface area contributed by atoms with E-state index >= 15 is 0 Å². The molecule has 0 saturated heterocycles. The van der Waals surface area contributed by atoms with E-state index in [1.807, 2.05) is 0 Å². The topological polar surface area (TPSA) is 18.5 Å². The van der Waals surface area contributed by atoms with Crippen molar-refractivity contribution in [1.29, 1.82) is 0 Å². The van der Waals surface area contributed by atoms with Crippen molar-refractivity contribution < 1.29 is 8.85 Å². The van der Waals surface area contributed by atoms with E-state index in [2.05, 4.69) is 20.8 Å². The molecule has 0 unspecified atom stereocenters. The van der Waals surface area contributed by atoms with Crippen LogP contribution < -0.4 is 0 Å². The van der Waals surface area contributed by atoms with Crippen LogP contribution in [0.15, 0.2) is 0 Å². The average Bonchev–Trinajstić information content (AvgIpc) is 2.20. The van der Waals surface area contributed by atoms with Crippen LogP contribution in [0.5, 0.6) is 0 Å². The Morgan fingerprint density at radius 3 is 1.69 bits per heavy atom. The van der Waals surface area contributed by atoms with Crippen LogP contribution in [0.1, 0.15) is 33.6 Å². The molecule has 0 spiro atoms. The van der Waals surface area contributed by atoms with Gasteiger partial charge in [0.2, 0.25) is 0 Å². The Bertz CT molecular complexity index is 108. The fourth-order valence-electron chi connectivity index (χ4n) is 0.994. The van der Waals surface area contributed by atoms with Crippen LogP contribution in [0.3, 0.4) is 0 Å². The fraction of sp³-hybridized carbons (Fsp3) is 1.00. The summed E-state index contributed by atoms with van der Waals surface area (Å²) in [5.74, 6) is 0. The van der Waals surface area contributed by atoms with Gasteiger partial charge in [0, 0.05) is 13.2 Å². The van der Waals surface area contributed by atoms with Crippen LogP contribution in [0.4, 0.5) is 0 Å². The number of hydrogen-bond acceptors (Lipinski definition) is 2. The van der Waals surface area contributed by atoms with Gasteiger partial charge in [-0.05, 0) is 18.9 Å². The molecule has 2 nitrogen and oxygen atoms in total. The summed E-state index contributed by atoms with van der Waals surface area (Å²) in [6.07, 6.45) is 2.06. The van der Waals surface area contributed by atoms with Gasteiger partial charge in [-0.2, -0.15) is 0 Å². The molecule has 0 fully saturated rings. The highest BCUT2D eigenvalue weighted by Gasteiger charge is 2.34. The maximum atomic E-state index is 5.91. The molecule has 0 radical (unpaired) electrons. The van der Waals surface area contributed by atoms with E-state index < -0.39 is 8.56 Å². The quantitative estimate of drug-likeness (QED) is 0.466. The van der Waals surface area contributed by atoms with Crippen molar-refractivity contribution in [2.24, 2.45) is 0 Å². The normalized spacial score (nSPS) is 12.0. The summed E-state index contributed by atoms with van der Waals surface area (Å²) in [5.41, 5.74) is 0.545. The van der Waals surface area contributed by atoms with Crippen molar-refractivity contribution >= 4 is 20.2 Å². The van der Waals surface area contributed by atoms with Crippen molar-refractivity contribution in [1.82, 2.24) is 0 Å². The van der Waals surface area contributed by atoms with Gasteiger partial charge in [0.15, 0.2) is 0 Å². The van der Waals surface area contributed by atoms with Crippen molar-refractivity contribution in [2.75, 3.05) is 18.7 Å². The second kappa shape index (κ2) is 7.80. The van der Waals surface area contributed by atoms with Gasteiger partial charge in [-0.15, -0.1) is 11.6 Å². The molecule has 0 saturated carbocycles. The molecule has 0 aromatic carbocycles. The van der Waals surface area contributed by atoms with Crippen molar-refractivity contribution in [2.45, 2.75) is 39.7 Å². The summed E-state index contributed by atoms with van der Waals surface area (Å²) in [5, 5.41) is 0. The summed E-state index contributed by atoms with van der Waals surface area (Å²) in [6.45, 7) is 7.85. The summed E-state index contributed by atoms with van der Waals surface area (Å²) in [4.78, 5) is 0. The largest absolute Gasteiger partial charge is 0.394 e. The highest BCUT2D eigenvalue weighted by atomic mass is 35.5. The molecule has 0 aliphatic heterocycles. The summed E-state index contributed by atoms with van der Waals surface area (Å²) >= 11 is 5.91. The van der Waals surface area contributed by atoms with E-state index in [9.17, 15) is 0 Å². The predicted octanol–water partition coefficient (Wildman–Crippen LogP) is 3.08. The zero-order valence-corrected chi connectivity index (χ0v) is 10.7. The fourth-order valence-corrected chi connectivity index (χ4v) is 4.01. The van der Waals surface area contributed by atoms with Gasteiger partial charge >= 0.3 is 8.56 Å². The van der Waals surface area contributed by atoms with Crippen molar-refractivity contribution in [3.63, 3.8) is 0 Å². The Hall–Kier alpha value is 0.427. The van der Waals surface area contributed by atoms with E-state index in [0.29, 0.717) is 5.50 Å². The third kappa shape index (κ3) is 5.01. The highest BCUT2D eigenvalue weighted by Crippen LogP contribution is 2.15. The molecule has 4 heteroatoms. The van der Waals surface area contributed by atoms with Gasteiger partial charge in [-0.1, -0.05) is 20.8 Å². The highest BCUT2D eigenvalue weighted by molar-refractivity contribution is 6.74.